The van der Waals surface area contributed by atoms with Crippen LogP contribution in [0.3, 0.4) is 0 Å². The second kappa shape index (κ2) is 8.87. The predicted octanol–water partition coefficient (Wildman–Crippen LogP) is 1.79. The second-order valence-corrected chi connectivity index (χ2v) is 7.08. The van der Waals surface area contributed by atoms with Gasteiger partial charge in [-0.3, -0.25) is 14.4 Å². The van der Waals surface area contributed by atoms with Gasteiger partial charge in [-0.15, -0.1) is 0 Å². The molecule has 1 aliphatic heterocycles. The predicted molar refractivity (Wildman–Crippen MR) is 95.4 cm³/mol. The van der Waals surface area contributed by atoms with Crippen molar-refractivity contribution in [2.24, 2.45) is 0 Å². The van der Waals surface area contributed by atoms with E-state index in [0.29, 0.717) is 31.9 Å². The summed E-state index contributed by atoms with van der Waals surface area (Å²) in [5.41, 5.74) is 0. The van der Waals surface area contributed by atoms with Crippen LogP contribution in [0.25, 0.3) is 0 Å². The number of hydrogen-bond donors (Lipinski definition) is 1. The molecule has 2 heterocycles. The summed E-state index contributed by atoms with van der Waals surface area (Å²) < 4.78 is 5.13. The third-order valence-electron chi connectivity index (χ3n) is 5.18. The molecule has 0 atom stereocenters. The molecule has 0 spiro atoms. The van der Waals surface area contributed by atoms with Crippen LogP contribution in [0.5, 0.6) is 0 Å². The molecule has 3 rings (SSSR count). The minimum atomic E-state index is -0.184. The van der Waals surface area contributed by atoms with Crippen molar-refractivity contribution < 1.29 is 18.8 Å². The van der Waals surface area contributed by atoms with Crippen LogP contribution >= 0.6 is 0 Å². The van der Waals surface area contributed by atoms with Crippen LogP contribution in [-0.2, 0) is 9.59 Å². The summed E-state index contributed by atoms with van der Waals surface area (Å²) in [6.07, 6.45) is 8.12. The summed E-state index contributed by atoms with van der Waals surface area (Å²) >= 11 is 0. The molecule has 2 aliphatic rings. The Labute approximate surface area is 153 Å². The Hall–Kier alpha value is -2.31. The molecule has 1 aromatic heterocycles. The fourth-order valence-electron chi connectivity index (χ4n) is 3.67. The molecule has 1 aliphatic carbocycles. The molecule has 0 unspecified atom stereocenters. The van der Waals surface area contributed by atoms with E-state index in [1.807, 2.05) is 0 Å². The van der Waals surface area contributed by atoms with E-state index in [4.69, 9.17) is 4.42 Å². The van der Waals surface area contributed by atoms with Crippen molar-refractivity contribution in [1.29, 1.82) is 0 Å². The van der Waals surface area contributed by atoms with Crippen LogP contribution in [-0.4, -0.2) is 59.7 Å². The average molecular weight is 361 g/mol. The molecule has 3 amide bonds. The van der Waals surface area contributed by atoms with Gasteiger partial charge in [-0.2, -0.15) is 0 Å². The molecular formula is C19H27N3O4. The summed E-state index contributed by atoms with van der Waals surface area (Å²) in [5.74, 6) is -0.196. The summed E-state index contributed by atoms with van der Waals surface area (Å²) in [7, 11) is 0. The Morgan fingerprint density at radius 2 is 1.65 bits per heavy atom. The van der Waals surface area contributed by atoms with Crippen LogP contribution in [0.15, 0.2) is 22.8 Å². The average Bonchev–Trinajstić information content (AvgIpc) is 3.07. The maximum Gasteiger partial charge on any atom is 0.289 e. The Morgan fingerprint density at radius 1 is 1.00 bits per heavy atom. The molecule has 1 N–H and O–H groups in total. The van der Waals surface area contributed by atoms with Gasteiger partial charge in [0.1, 0.15) is 6.42 Å². The molecular weight excluding hydrogens is 334 g/mol. The summed E-state index contributed by atoms with van der Waals surface area (Å²) in [6, 6.07) is 3.53. The van der Waals surface area contributed by atoms with Crippen LogP contribution in [0.1, 0.15) is 55.5 Å². The summed E-state index contributed by atoms with van der Waals surface area (Å²) in [5, 5.41) is 3.01. The minimum absolute atomic E-state index is 0.109. The molecule has 0 bridgehead atoms. The van der Waals surface area contributed by atoms with E-state index in [-0.39, 0.29) is 30.2 Å². The van der Waals surface area contributed by atoms with Crippen LogP contribution in [0, 0.1) is 0 Å². The molecule has 1 saturated carbocycles. The van der Waals surface area contributed by atoms with E-state index in [1.165, 1.54) is 19.1 Å². The molecule has 7 nitrogen and oxygen atoms in total. The first-order chi connectivity index (χ1) is 12.6. The first kappa shape index (κ1) is 18.5. The van der Waals surface area contributed by atoms with Gasteiger partial charge in [-0.25, -0.2) is 0 Å². The van der Waals surface area contributed by atoms with Gasteiger partial charge in [0.05, 0.1) is 6.26 Å². The highest BCUT2D eigenvalue weighted by atomic mass is 16.3. The molecule has 1 saturated heterocycles. The van der Waals surface area contributed by atoms with Crippen LogP contribution in [0.2, 0.25) is 0 Å². The fourth-order valence-corrected chi connectivity index (χ4v) is 3.67. The number of hydrogen-bond acceptors (Lipinski definition) is 4. The third-order valence-corrected chi connectivity index (χ3v) is 5.18. The lowest BCUT2D eigenvalue weighted by Gasteiger charge is -2.34. The lowest BCUT2D eigenvalue weighted by Crippen LogP contribution is -2.51. The Bertz CT molecular complexity index is 613. The molecule has 1 aromatic rings. The zero-order valence-electron chi connectivity index (χ0n) is 15.1. The lowest BCUT2D eigenvalue weighted by molar-refractivity contribution is -0.137. The number of carbonyl (C=O) groups is 3. The van der Waals surface area contributed by atoms with Crippen molar-refractivity contribution in [3.8, 4) is 0 Å². The number of amides is 3. The highest BCUT2D eigenvalue weighted by Gasteiger charge is 2.27. The number of nitrogens with zero attached hydrogens (tertiary/aromatic N) is 2. The smallest absolute Gasteiger partial charge is 0.289 e. The largest absolute Gasteiger partial charge is 0.459 e. The SMILES string of the molecule is O=C(CC(=O)N1CCN(C(=O)c2ccco2)CC1)NC1CCCCCC1. The van der Waals surface area contributed by atoms with Crippen molar-refractivity contribution in [2.75, 3.05) is 26.2 Å². The van der Waals surface area contributed by atoms with Crippen molar-refractivity contribution in [3.63, 3.8) is 0 Å². The quantitative estimate of drug-likeness (QED) is 0.655. The maximum absolute atomic E-state index is 12.4. The number of nitrogens with one attached hydrogen (secondary N) is 1. The van der Waals surface area contributed by atoms with Gasteiger partial charge < -0.3 is 19.5 Å². The second-order valence-electron chi connectivity index (χ2n) is 7.08. The monoisotopic (exact) mass is 361 g/mol. The van der Waals surface area contributed by atoms with Crippen molar-refractivity contribution in [1.82, 2.24) is 15.1 Å². The summed E-state index contributed by atoms with van der Waals surface area (Å²) in [4.78, 5) is 40.1. The van der Waals surface area contributed by atoms with E-state index in [2.05, 4.69) is 5.32 Å². The standard InChI is InChI=1S/C19H27N3O4/c23-17(20-15-6-3-1-2-4-7-15)14-18(24)21-9-11-22(12-10-21)19(25)16-8-5-13-26-16/h5,8,13,15H,1-4,6-7,9-12,14H2,(H,20,23). The van der Waals surface area contributed by atoms with Gasteiger partial charge >= 0.3 is 0 Å². The first-order valence-electron chi connectivity index (χ1n) is 9.53. The molecule has 26 heavy (non-hydrogen) atoms. The number of furan rings is 1. The van der Waals surface area contributed by atoms with Gasteiger partial charge in [-0.1, -0.05) is 25.7 Å². The topological polar surface area (TPSA) is 82.9 Å². The van der Waals surface area contributed by atoms with Gasteiger partial charge in [0, 0.05) is 32.2 Å². The van der Waals surface area contributed by atoms with Gasteiger partial charge in [0.15, 0.2) is 5.76 Å². The van der Waals surface area contributed by atoms with E-state index < -0.39 is 0 Å². The fraction of sp³-hybridized carbons (Fsp3) is 0.632. The zero-order chi connectivity index (χ0) is 18.4. The van der Waals surface area contributed by atoms with Crippen molar-refractivity contribution in [2.45, 2.75) is 51.0 Å². The van der Waals surface area contributed by atoms with Gasteiger partial charge in [0.25, 0.3) is 5.91 Å². The van der Waals surface area contributed by atoms with Crippen LogP contribution in [0.4, 0.5) is 0 Å². The summed E-state index contributed by atoms with van der Waals surface area (Å²) in [6.45, 7) is 1.80. The first-order valence-corrected chi connectivity index (χ1v) is 9.53. The highest BCUT2D eigenvalue weighted by molar-refractivity contribution is 5.97. The van der Waals surface area contributed by atoms with Gasteiger partial charge in [0.2, 0.25) is 11.8 Å². The maximum atomic E-state index is 12.4. The molecule has 0 radical (unpaired) electrons. The third kappa shape index (κ3) is 4.86. The van der Waals surface area contributed by atoms with Crippen LogP contribution < -0.4 is 5.32 Å². The normalized spacial score (nSPS) is 19.1. The van der Waals surface area contributed by atoms with E-state index in [1.54, 1.807) is 21.9 Å². The number of piperazine rings is 1. The Morgan fingerprint density at radius 3 is 2.27 bits per heavy atom. The van der Waals surface area contributed by atoms with E-state index in [9.17, 15) is 14.4 Å². The molecule has 2 fully saturated rings. The zero-order valence-corrected chi connectivity index (χ0v) is 15.1. The molecule has 7 heteroatoms. The number of rotatable bonds is 4. The lowest BCUT2D eigenvalue weighted by atomic mass is 10.1. The Kier molecular flexibility index (Phi) is 6.30. The molecule has 0 aromatic carbocycles. The van der Waals surface area contributed by atoms with E-state index >= 15 is 0 Å². The number of carbonyl (C=O) groups excluding carboxylic acids is 3. The van der Waals surface area contributed by atoms with Gasteiger partial charge in [-0.05, 0) is 25.0 Å². The van der Waals surface area contributed by atoms with Crippen molar-refractivity contribution >= 4 is 17.7 Å². The van der Waals surface area contributed by atoms with Crippen molar-refractivity contribution in [3.05, 3.63) is 24.2 Å². The minimum Gasteiger partial charge on any atom is -0.459 e. The highest BCUT2D eigenvalue weighted by Crippen LogP contribution is 2.17. The molecule has 142 valence electrons. The van der Waals surface area contributed by atoms with E-state index in [0.717, 1.165) is 25.7 Å². The Balaban J connectivity index is 1.41.